The van der Waals surface area contributed by atoms with E-state index in [-0.39, 0.29) is 0 Å². The Kier molecular flexibility index (Phi) is 4.99. The molecule has 0 unspecified atom stereocenters. The molecule has 0 amide bonds. The number of hydrogen-bond donors (Lipinski definition) is 0. The maximum atomic E-state index is 6.18. The van der Waals surface area contributed by atoms with Gasteiger partial charge in [0.15, 0.2) is 0 Å². The van der Waals surface area contributed by atoms with E-state index < -0.39 is 0 Å². The molecule has 2 rings (SSSR count). The predicted octanol–water partition coefficient (Wildman–Crippen LogP) is 3.92. The van der Waals surface area contributed by atoms with Gasteiger partial charge in [0.05, 0.1) is 7.11 Å². The molecule has 0 aliphatic carbocycles. The number of methoxy groups -OCH3 is 1. The summed E-state index contributed by atoms with van der Waals surface area (Å²) in [6.07, 6.45) is 0.896. The Morgan fingerprint density at radius 1 is 1.05 bits per heavy atom. The lowest BCUT2D eigenvalue weighted by atomic mass is 10.1. The van der Waals surface area contributed by atoms with E-state index in [1.807, 2.05) is 42.5 Å². The number of ether oxygens (including phenoxy) is 1. The normalized spacial score (nSPS) is 11.4. The first kappa shape index (κ1) is 13.6. The molecule has 0 saturated carbocycles. The number of rotatable bonds is 5. The fraction of sp³-hybridized carbons (Fsp3) is 0.188. The summed E-state index contributed by atoms with van der Waals surface area (Å²) >= 11 is 6.18. The minimum atomic E-state index is 0.540. The second kappa shape index (κ2) is 6.95. The van der Waals surface area contributed by atoms with E-state index >= 15 is 0 Å². The van der Waals surface area contributed by atoms with E-state index in [0.29, 0.717) is 11.7 Å². The fourth-order valence-electron chi connectivity index (χ4n) is 1.75. The first-order valence-electron chi connectivity index (χ1n) is 6.18. The summed E-state index contributed by atoms with van der Waals surface area (Å²) in [6.45, 7) is 0.689. The molecular weight excluding hydrogens is 258 g/mol. The van der Waals surface area contributed by atoms with Crippen molar-refractivity contribution in [1.82, 2.24) is 0 Å². The maximum absolute atomic E-state index is 6.18. The molecule has 0 fully saturated rings. The SMILES string of the molecule is COc1ccc(/C(Cl)=N/CCc2ccccc2)cc1. The Hall–Kier alpha value is -1.80. The first-order valence-corrected chi connectivity index (χ1v) is 6.55. The zero-order valence-electron chi connectivity index (χ0n) is 10.8. The Bertz CT molecular complexity index is 534. The van der Waals surface area contributed by atoms with Gasteiger partial charge in [-0.25, -0.2) is 0 Å². The molecule has 0 bridgehead atoms. The summed E-state index contributed by atoms with van der Waals surface area (Å²) in [5, 5.41) is 0.540. The summed E-state index contributed by atoms with van der Waals surface area (Å²) in [4.78, 5) is 4.39. The zero-order chi connectivity index (χ0) is 13.5. The summed E-state index contributed by atoms with van der Waals surface area (Å²) in [5.74, 6) is 0.817. The van der Waals surface area contributed by atoms with Crippen LogP contribution in [0.3, 0.4) is 0 Å². The molecule has 0 aliphatic rings. The van der Waals surface area contributed by atoms with Crippen LogP contribution in [0.25, 0.3) is 0 Å². The third-order valence-corrected chi connectivity index (χ3v) is 3.16. The van der Waals surface area contributed by atoms with E-state index in [0.717, 1.165) is 17.7 Å². The minimum Gasteiger partial charge on any atom is -0.497 e. The molecule has 0 heterocycles. The van der Waals surface area contributed by atoms with E-state index in [4.69, 9.17) is 16.3 Å². The van der Waals surface area contributed by atoms with Crippen molar-refractivity contribution in [2.75, 3.05) is 13.7 Å². The summed E-state index contributed by atoms with van der Waals surface area (Å²) < 4.78 is 5.10. The maximum Gasteiger partial charge on any atom is 0.130 e. The van der Waals surface area contributed by atoms with E-state index in [1.165, 1.54) is 5.56 Å². The van der Waals surface area contributed by atoms with Gasteiger partial charge in [-0.2, -0.15) is 0 Å². The lowest BCUT2D eigenvalue weighted by Crippen LogP contribution is -1.96. The van der Waals surface area contributed by atoms with Gasteiger partial charge in [-0.05, 0) is 36.2 Å². The monoisotopic (exact) mass is 273 g/mol. The third-order valence-electron chi connectivity index (χ3n) is 2.82. The molecule has 0 spiro atoms. The highest BCUT2D eigenvalue weighted by Gasteiger charge is 2.00. The average Bonchev–Trinajstić information content (AvgIpc) is 2.48. The van der Waals surface area contributed by atoms with Gasteiger partial charge >= 0.3 is 0 Å². The van der Waals surface area contributed by atoms with Crippen LogP contribution in [0.2, 0.25) is 0 Å². The number of nitrogens with zero attached hydrogens (tertiary/aromatic N) is 1. The standard InChI is InChI=1S/C16H16ClNO/c1-19-15-9-7-14(8-10-15)16(17)18-12-11-13-5-3-2-4-6-13/h2-10H,11-12H2,1H3/b18-16-. The van der Waals surface area contributed by atoms with Crippen molar-refractivity contribution in [3.05, 3.63) is 65.7 Å². The van der Waals surface area contributed by atoms with Crippen LogP contribution in [0.1, 0.15) is 11.1 Å². The van der Waals surface area contributed by atoms with Gasteiger partial charge in [-0.3, -0.25) is 4.99 Å². The molecule has 0 atom stereocenters. The molecule has 0 saturated heterocycles. The van der Waals surface area contributed by atoms with Gasteiger partial charge in [0.2, 0.25) is 0 Å². The zero-order valence-corrected chi connectivity index (χ0v) is 11.6. The van der Waals surface area contributed by atoms with Crippen LogP contribution in [0.4, 0.5) is 0 Å². The van der Waals surface area contributed by atoms with Crippen molar-refractivity contribution >= 4 is 16.8 Å². The van der Waals surface area contributed by atoms with Crippen molar-refractivity contribution in [3.8, 4) is 5.75 Å². The molecule has 2 aromatic rings. The van der Waals surface area contributed by atoms with Crippen LogP contribution in [0.15, 0.2) is 59.6 Å². The molecule has 0 aliphatic heterocycles. The predicted molar refractivity (Wildman–Crippen MR) is 80.4 cm³/mol. The van der Waals surface area contributed by atoms with Crippen LogP contribution in [-0.4, -0.2) is 18.8 Å². The van der Waals surface area contributed by atoms with E-state index in [1.54, 1.807) is 7.11 Å². The number of benzene rings is 2. The second-order valence-corrected chi connectivity index (χ2v) is 4.49. The van der Waals surface area contributed by atoms with Crippen LogP contribution < -0.4 is 4.74 Å². The van der Waals surface area contributed by atoms with Gasteiger partial charge < -0.3 is 4.74 Å². The summed E-state index contributed by atoms with van der Waals surface area (Å²) in [5.41, 5.74) is 2.18. The minimum absolute atomic E-state index is 0.540. The van der Waals surface area contributed by atoms with Gasteiger partial charge in [-0.15, -0.1) is 0 Å². The molecule has 0 aromatic heterocycles. The Morgan fingerprint density at radius 2 is 1.74 bits per heavy atom. The second-order valence-electron chi connectivity index (χ2n) is 4.14. The molecular formula is C16H16ClNO. The number of halogens is 1. The van der Waals surface area contributed by atoms with Crippen LogP contribution in [0.5, 0.6) is 5.75 Å². The fourth-order valence-corrected chi connectivity index (χ4v) is 1.96. The summed E-state index contributed by atoms with van der Waals surface area (Å²) in [7, 11) is 1.64. The number of aliphatic imine (C=N–C) groups is 1. The number of hydrogen-bond acceptors (Lipinski definition) is 2. The molecule has 98 valence electrons. The highest BCUT2D eigenvalue weighted by atomic mass is 35.5. The Balaban J connectivity index is 1.94. The third kappa shape index (κ3) is 4.11. The van der Waals surface area contributed by atoms with Gasteiger partial charge in [0, 0.05) is 12.1 Å². The van der Waals surface area contributed by atoms with Crippen LogP contribution in [0, 0.1) is 0 Å². The summed E-state index contributed by atoms with van der Waals surface area (Å²) in [6, 6.07) is 17.8. The van der Waals surface area contributed by atoms with E-state index in [2.05, 4.69) is 17.1 Å². The highest BCUT2D eigenvalue weighted by molar-refractivity contribution is 6.69. The van der Waals surface area contributed by atoms with E-state index in [9.17, 15) is 0 Å². The van der Waals surface area contributed by atoms with Crippen molar-refractivity contribution < 1.29 is 4.74 Å². The van der Waals surface area contributed by atoms with Crippen molar-refractivity contribution in [1.29, 1.82) is 0 Å². The van der Waals surface area contributed by atoms with Crippen LogP contribution in [-0.2, 0) is 6.42 Å². The quantitative estimate of drug-likeness (QED) is 0.757. The molecule has 2 nitrogen and oxygen atoms in total. The van der Waals surface area contributed by atoms with Crippen LogP contribution >= 0.6 is 11.6 Å². The van der Waals surface area contributed by atoms with Crippen molar-refractivity contribution in [2.24, 2.45) is 4.99 Å². The Labute approximate surface area is 118 Å². The molecule has 3 heteroatoms. The van der Waals surface area contributed by atoms with Crippen molar-refractivity contribution in [2.45, 2.75) is 6.42 Å². The van der Waals surface area contributed by atoms with Gasteiger partial charge in [0.1, 0.15) is 10.9 Å². The topological polar surface area (TPSA) is 21.6 Å². The average molecular weight is 274 g/mol. The lowest BCUT2D eigenvalue weighted by molar-refractivity contribution is 0.415. The van der Waals surface area contributed by atoms with Crippen molar-refractivity contribution in [3.63, 3.8) is 0 Å². The lowest BCUT2D eigenvalue weighted by Gasteiger charge is -2.02. The molecule has 19 heavy (non-hydrogen) atoms. The smallest absolute Gasteiger partial charge is 0.130 e. The largest absolute Gasteiger partial charge is 0.497 e. The van der Waals surface area contributed by atoms with Gasteiger partial charge in [0.25, 0.3) is 0 Å². The Morgan fingerprint density at radius 3 is 2.37 bits per heavy atom. The molecule has 0 N–H and O–H groups in total. The first-order chi connectivity index (χ1) is 9.29. The highest BCUT2D eigenvalue weighted by Crippen LogP contribution is 2.13. The van der Waals surface area contributed by atoms with Gasteiger partial charge in [-0.1, -0.05) is 41.9 Å². The molecule has 0 radical (unpaired) electrons. The molecule has 2 aromatic carbocycles.